The summed E-state index contributed by atoms with van der Waals surface area (Å²) in [7, 11) is 0. The minimum atomic E-state index is -1.31. The molecule has 8 atom stereocenters. The van der Waals surface area contributed by atoms with Crippen LogP contribution in [0.15, 0.2) is 0 Å². The third-order valence-corrected chi connectivity index (χ3v) is 6.71. The smallest absolute Gasteiger partial charge is 0.237 e. The molecule has 28 heavy (non-hydrogen) atoms. The molecule has 0 aromatic rings. The van der Waals surface area contributed by atoms with E-state index in [-0.39, 0.29) is 17.9 Å². The summed E-state index contributed by atoms with van der Waals surface area (Å²) < 4.78 is 5.88. The van der Waals surface area contributed by atoms with Gasteiger partial charge in [-0.3, -0.25) is 4.79 Å². The van der Waals surface area contributed by atoms with E-state index in [9.17, 15) is 20.1 Å². The topological polar surface area (TPSA) is 111 Å². The van der Waals surface area contributed by atoms with Crippen molar-refractivity contribution < 1.29 is 24.9 Å². The molecule has 0 radical (unpaired) electrons. The first-order valence-corrected chi connectivity index (χ1v) is 11.7. The van der Waals surface area contributed by atoms with Crippen molar-refractivity contribution in [3.05, 3.63) is 0 Å². The number of carbonyl (C=O) groups is 1. The highest BCUT2D eigenvalue weighted by Gasteiger charge is 2.47. The quantitative estimate of drug-likeness (QED) is 0.414. The first-order chi connectivity index (χ1) is 13.1. The third kappa shape index (κ3) is 5.83. The lowest BCUT2D eigenvalue weighted by molar-refractivity contribution is -0.208. The van der Waals surface area contributed by atoms with E-state index in [2.05, 4.69) is 24.5 Å². The number of hydrogen-bond acceptors (Lipinski definition) is 7. The number of carbonyl (C=O) groups excluding carboxylic acids is 1. The molecule has 0 aliphatic carbocycles. The molecule has 0 spiro atoms. The van der Waals surface area contributed by atoms with Gasteiger partial charge in [-0.15, -0.1) is 11.8 Å². The maximum absolute atomic E-state index is 13.0. The zero-order valence-electron chi connectivity index (χ0n) is 17.7. The summed E-state index contributed by atoms with van der Waals surface area (Å²) in [4.78, 5) is 13.0. The van der Waals surface area contributed by atoms with Crippen molar-refractivity contribution in [1.82, 2.24) is 10.6 Å². The van der Waals surface area contributed by atoms with Crippen LogP contribution in [0, 0.1) is 17.8 Å². The van der Waals surface area contributed by atoms with Gasteiger partial charge in [-0.1, -0.05) is 27.7 Å². The molecule has 2 aliphatic rings. The number of hydrogen-bond donors (Lipinski definition) is 5. The molecule has 2 fully saturated rings. The lowest BCUT2D eigenvalue weighted by Crippen LogP contribution is -2.65. The Kier molecular flexibility index (Phi) is 9.04. The summed E-state index contributed by atoms with van der Waals surface area (Å²) in [6, 6.07) is -0.724. The van der Waals surface area contributed by atoms with Gasteiger partial charge in [0.1, 0.15) is 29.9 Å². The molecular formula is C20H38N2O5S. The maximum Gasteiger partial charge on any atom is 0.237 e. The molecule has 0 bridgehead atoms. The molecule has 2 heterocycles. The van der Waals surface area contributed by atoms with Gasteiger partial charge in [-0.2, -0.15) is 0 Å². The van der Waals surface area contributed by atoms with Gasteiger partial charge >= 0.3 is 0 Å². The van der Waals surface area contributed by atoms with Gasteiger partial charge in [0.05, 0.1) is 12.1 Å². The van der Waals surface area contributed by atoms with Gasteiger partial charge in [0.2, 0.25) is 5.91 Å². The lowest BCUT2D eigenvalue weighted by Gasteiger charge is -2.44. The summed E-state index contributed by atoms with van der Waals surface area (Å²) >= 11 is 1.28. The standard InChI is InChI=1S/C20H38N2O5S/c1-10(2)8-12-6-7-21-13(9-12)19(26)22-14(11(3)4)18-16(24)15(23)17(25)20(27-18)28-5/h10-18,20-21,23-25H,6-9H2,1-5H3,(H,22,26). The van der Waals surface area contributed by atoms with E-state index in [4.69, 9.17) is 4.74 Å². The van der Waals surface area contributed by atoms with E-state index in [0.717, 1.165) is 25.8 Å². The van der Waals surface area contributed by atoms with Crippen LogP contribution >= 0.6 is 11.8 Å². The van der Waals surface area contributed by atoms with E-state index in [1.807, 2.05) is 13.8 Å². The number of rotatable bonds is 7. The fourth-order valence-electron chi connectivity index (χ4n) is 4.33. The van der Waals surface area contributed by atoms with Crippen molar-refractivity contribution in [2.24, 2.45) is 17.8 Å². The highest BCUT2D eigenvalue weighted by atomic mass is 32.2. The van der Waals surface area contributed by atoms with Crippen LogP contribution < -0.4 is 10.6 Å². The van der Waals surface area contributed by atoms with Crippen LogP contribution in [0.25, 0.3) is 0 Å². The predicted octanol–water partition coefficient (Wildman–Crippen LogP) is 0.712. The SMILES string of the molecule is CSC1OC(C(NC(=O)C2CC(CC(C)C)CCN2)C(C)C)C(O)C(O)C1O. The Morgan fingerprint density at radius 3 is 2.43 bits per heavy atom. The Labute approximate surface area is 173 Å². The van der Waals surface area contributed by atoms with Crippen LogP contribution in [-0.2, 0) is 9.53 Å². The first-order valence-electron chi connectivity index (χ1n) is 10.4. The number of aliphatic hydroxyl groups excluding tert-OH is 3. The molecular weight excluding hydrogens is 380 g/mol. The highest BCUT2D eigenvalue weighted by Crippen LogP contribution is 2.31. The Morgan fingerprint density at radius 1 is 1.18 bits per heavy atom. The van der Waals surface area contributed by atoms with Crippen LogP contribution in [0.3, 0.4) is 0 Å². The molecule has 5 N–H and O–H groups in total. The van der Waals surface area contributed by atoms with Gasteiger partial charge in [0.25, 0.3) is 0 Å². The monoisotopic (exact) mass is 418 g/mol. The average Bonchev–Trinajstić information content (AvgIpc) is 2.64. The van der Waals surface area contributed by atoms with E-state index in [0.29, 0.717) is 11.8 Å². The zero-order valence-corrected chi connectivity index (χ0v) is 18.5. The largest absolute Gasteiger partial charge is 0.388 e. The second kappa shape index (κ2) is 10.6. The number of ether oxygens (including phenoxy) is 1. The zero-order chi connectivity index (χ0) is 21.0. The lowest BCUT2D eigenvalue weighted by atomic mass is 9.85. The van der Waals surface area contributed by atoms with Crippen LogP contribution in [0.2, 0.25) is 0 Å². The van der Waals surface area contributed by atoms with Crippen molar-refractivity contribution in [2.45, 2.75) is 88.9 Å². The molecule has 2 aliphatic heterocycles. The Bertz CT molecular complexity index is 505. The summed E-state index contributed by atoms with van der Waals surface area (Å²) in [5.41, 5.74) is -0.648. The number of piperidine rings is 1. The molecule has 0 aromatic carbocycles. The molecule has 2 saturated heterocycles. The van der Waals surface area contributed by atoms with Gasteiger partial charge in [0, 0.05) is 0 Å². The second-order valence-electron chi connectivity index (χ2n) is 8.98. The van der Waals surface area contributed by atoms with Gasteiger partial charge in [0.15, 0.2) is 0 Å². The Morgan fingerprint density at radius 2 is 1.86 bits per heavy atom. The molecule has 2 rings (SSSR count). The van der Waals surface area contributed by atoms with Gasteiger partial charge < -0.3 is 30.7 Å². The number of aliphatic hydroxyl groups is 3. The van der Waals surface area contributed by atoms with Crippen molar-refractivity contribution in [3.63, 3.8) is 0 Å². The summed E-state index contributed by atoms with van der Waals surface area (Å²) in [6.07, 6.45) is 0.257. The van der Waals surface area contributed by atoms with Crippen molar-refractivity contribution in [1.29, 1.82) is 0 Å². The van der Waals surface area contributed by atoms with Crippen LogP contribution in [0.5, 0.6) is 0 Å². The molecule has 8 unspecified atom stereocenters. The fraction of sp³-hybridized carbons (Fsp3) is 0.950. The summed E-state index contributed by atoms with van der Waals surface area (Å²) in [5.74, 6) is 1.04. The Hall–Kier alpha value is -0.380. The second-order valence-corrected chi connectivity index (χ2v) is 9.92. The van der Waals surface area contributed by atoms with Crippen molar-refractivity contribution in [3.8, 4) is 0 Å². The van der Waals surface area contributed by atoms with Crippen LogP contribution in [0.4, 0.5) is 0 Å². The molecule has 8 heteroatoms. The normalized spacial score (nSPS) is 37.9. The Balaban J connectivity index is 2.06. The summed E-state index contributed by atoms with van der Waals surface area (Å²) in [6.45, 7) is 9.12. The molecule has 0 aromatic heterocycles. The molecule has 0 saturated carbocycles. The molecule has 7 nitrogen and oxygen atoms in total. The van der Waals surface area contributed by atoms with E-state index >= 15 is 0 Å². The number of nitrogens with one attached hydrogen (secondary N) is 2. The minimum absolute atomic E-state index is 0.0106. The van der Waals surface area contributed by atoms with Crippen molar-refractivity contribution >= 4 is 17.7 Å². The third-order valence-electron chi connectivity index (χ3n) is 5.85. The molecule has 164 valence electrons. The highest BCUT2D eigenvalue weighted by molar-refractivity contribution is 7.99. The predicted molar refractivity (Wildman–Crippen MR) is 111 cm³/mol. The van der Waals surface area contributed by atoms with Crippen LogP contribution in [0.1, 0.15) is 47.0 Å². The minimum Gasteiger partial charge on any atom is -0.388 e. The number of amides is 1. The van der Waals surface area contributed by atoms with E-state index in [1.165, 1.54) is 11.8 Å². The summed E-state index contributed by atoms with van der Waals surface area (Å²) in [5, 5.41) is 37.2. The van der Waals surface area contributed by atoms with Crippen molar-refractivity contribution in [2.75, 3.05) is 12.8 Å². The van der Waals surface area contributed by atoms with Gasteiger partial charge in [-0.05, 0) is 49.8 Å². The maximum atomic E-state index is 13.0. The van der Waals surface area contributed by atoms with Crippen LogP contribution in [-0.4, -0.2) is 76.0 Å². The first kappa shape index (κ1) is 23.9. The number of thioether (sulfide) groups is 1. The van der Waals surface area contributed by atoms with E-state index < -0.39 is 35.9 Å². The average molecular weight is 419 g/mol. The van der Waals surface area contributed by atoms with Gasteiger partial charge in [-0.25, -0.2) is 0 Å². The fourth-order valence-corrected chi connectivity index (χ4v) is 5.01. The van der Waals surface area contributed by atoms with E-state index in [1.54, 1.807) is 6.26 Å². The molecule has 1 amide bonds.